The molecule has 0 bridgehead atoms. The minimum atomic E-state index is -0.594. The third kappa shape index (κ3) is 3.99. The molecule has 0 saturated heterocycles. The van der Waals surface area contributed by atoms with Gasteiger partial charge in [-0.2, -0.15) is 0 Å². The van der Waals surface area contributed by atoms with Crippen molar-refractivity contribution in [1.29, 1.82) is 0 Å². The first-order chi connectivity index (χ1) is 12.4. The van der Waals surface area contributed by atoms with E-state index in [9.17, 15) is 19.7 Å². The number of aryl methyl sites for hydroxylation is 2. The second kappa shape index (κ2) is 7.51. The molecule has 0 aliphatic heterocycles. The summed E-state index contributed by atoms with van der Waals surface area (Å²) >= 11 is 0. The molecule has 0 saturated carbocycles. The van der Waals surface area contributed by atoms with Crippen LogP contribution in [0.3, 0.4) is 0 Å². The number of carbonyl (C=O) groups is 1. The molecule has 1 atom stereocenters. The van der Waals surface area contributed by atoms with Crippen LogP contribution in [0.25, 0.3) is 0 Å². The van der Waals surface area contributed by atoms with E-state index in [1.807, 2.05) is 13.0 Å². The van der Waals surface area contributed by atoms with Crippen molar-refractivity contribution < 1.29 is 9.72 Å². The third-order valence-corrected chi connectivity index (χ3v) is 4.74. The summed E-state index contributed by atoms with van der Waals surface area (Å²) in [7, 11) is 0. The maximum absolute atomic E-state index is 12.3. The number of carbonyl (C=O) groups excluding carboxylic acids is 1. The highest BCUT2D eigenvalue weighted by Gasteiger charge is 2.15. The van der Waals surface area contributed by atoms with Crippen LogP contribution in [-0.2, 0) is 24.2 Å². The maximum atomic E-state index is 12.3. The van der Waals surface area contributed by atoms with Crippen LogP contribution in [0.1, 0.15) is 42.5 Å². The fourth-order valence-corrected chi connectivity index (χ4v) is 3.30. The van der Waals surface area contributed by atoms with Crippen LogP contribution in [-0.4, -0.2) is 15.4 Å². The van der Waals surface area contributed by atoms with Crippen LogP contribution in [0.15, 0.2) is 41.3 Å². The molecule has 1 amide bonds. The van der Waals surface area contributed by atoms with Crippen molar-refractivity contribution in [3.05, 3.63) is 73.7 Å². The van der Waals surface area contributed by atoms with E-state index in [-0.39, 0.29) is 24.2 Å². The van der Waals surface area contributed by atoms with Gasteiger partial charge in [0.1, 0.15) is 6.54 Å². The van der Waals surface area contributed by atoms with Gasteiger partial charge in [-0.25, -0.2) is 0 Å². The molecule has 136 valence electrons. The summed E-state index contributed by atoms with van der Waals surface area (Å²) in [4.78, 5) is 34.3. The van der Waals surface area contributed by atoms with E-state index >= 15 is 0 Å². The van der Waals surface area contributed by atoms with Gasteiger partial charge in [0.15, 0.2) is 0 Å². The normalized spacial score (nSPS) is 14.3. The lowest BCUT2D eigenvalue weighted by atomic mass is 9.89. The number of benzene rings is 1. The number of nitro groups is 1. The quantitative estimate of drug-likeness (QED) is 0.658. The van der Waals surface area contributed by atoms with Crippen molar-refractivity contribution in [1.82, 2.24) is 9.88 Å². The van der Waals surface area contributed by atoms with E-state index < -0.39 is 10.5 Å². The molecule has 0 radical (unpaired) electrons. The Bertz CT molecular complexity index is 904. The van der Waals surface area contributed by atoms with Gasteiger partial charge in [0.2, 0.25) is 5.91 Å². The van der Waals surface area contributed by atoms with Crippen molar-refractivity contribution >= 4 is 11.6 Å². The van der Waals surface area contributed by atoms with E-state index in [2.05, 4.69) is 17.4 Å². The summed E-state index contributed by atoms with van der Waals surface area (Å²) in [5.74, 6) is -0.363. The van der Waals surface area contributed by atoms with Crippen LogP contribution in [0, 0.1) is 10.1 Å². The Kier molecular flexibility index (Phi) is 5.16. The molecule has 2 aromatic rings. The Morgan fingerprint density at radius 2 is 1.96 bits per heavy atom. The molecule has 1 aliphatic rings. The van der Waals surface area contributed by atoms with Crippen LogP contribution >= 0.6 is 0 Å². The summed E-state index contributed by atoms with van der Waals surface area (Å²) in [5.41, 5.74) is 3.06. The fourth-order valence-electron chi connectivity index (χ4n) is 3.30. The Labute approximate surface area is 150 Å². The second-order valence-corrected chi connectivity index (χ2v) is 6.64. The molecule has 1 N–H and O–H groups in total. The van der Waals surface area contributed by atoms with Crippen molar-refractivity contribution in [2.24, 2.45) is 0 Å². The number of hydrogen-bond donors (Lipinski definition) is 1. The van der Waals surface area contributed by atoms with E-state index in [1.54, 1.807) is 0 Å². The summed E-state index contributed by atoms with van der Waals surface area (Å²) in [6, 6.07) is 8.31. The van der Waals surface area contributed by atoms with Crippen LogP contribution in [0.4, 0.5) is 5.69 Å². The zero-order chi connectivity index (χ0) is 18.7. The molecule has 0 spiro atoms. The molecule has 1 aliphatic carbocycles. The molecule has 1 heterocycles. The Hall–Kier alpha value is -2.96. The molecule has 0 fully saturated rings. The van der Waals surface area contributed by atoms with E-state index in [1.165, 1.54) is 24.0 Å². The highest BCUT2D eigenvalue weighted by molar-refractivity contribution is 5.76. The average Bonchev–Trinajstić information content (AvgIpc) is 2.62. The molecular weight excluding hydrogens is 334 g/mol. The number of fused-ring (bicyclic) bond motifs is 1. The highest BCUT2D eigenvalue weighted by atomic mass is 16.6. The van der Waals surface area contributed by atoms with Gasteiger partial charge in [-0.15, -0.1) is 0 Å². The summed E-state index contributed by atoms with van der Waals surface area (Å²) in [6.07, 6.45) is 5.66. The van der Waals surface area contributed by atoms with Crippen molar-refractivity contribution in [3.63, 3.8) is 0 Å². The topological polar surface area (TPSA) is 94.2 Å². The molecule has 1 aromatic carbocycles. The number of pyridine rings is 1. The van der Waals surface area contributed by atoms with Gasteiger partial charge in [-0.3, -0.25) is 24.3 Å². The average molecular weight is 355 g/mol. The first kappa shape index (κ1) is 17.8. The summed E-state index contributed by atoms with van der Waals surface area (Å²) in [5, 5.41) is 13.7. The fraction of sp³-hybridized carbons (Fsp3) is 0.368. The smallest absolute Gasteiger partial charge is 0.285 e. The molecular formula is C19H21N3O4. The van der Waals surface area contributed by atoms with Gasteiger partial charge in [-0.1, -0.05) is 18.2 Å². The number of rotatable bonds is 5. The monoisotopic (exact) mass is 355 g/mol. The Balaban J connectivity index is 1.69. The summed E-state index contributed by atoms with van der Waals surface area (Å²) < 4.78 is 1.05. The van der Waals surface area contributed by atoms with E-state index in [0.717, 1.165) is 41.3 Å². The molecule has 1 aromatic heterocycles. The number of amides is 1. The van der Waals surface area contributed by atoms with Crippen LogP contribution < -0.4 is 10.9 Å². The number of nitrogens with zero attached hydrogens (tertiary/aromatic N) is 2. The predicted octanol–water partition coefficient (Wildman–Crippen LogP) is 2.51. The van der Waals surface area contributed by atoms with Gasteiger partial charge < -0.3 is 5.32 Å². The third-order valence-electron chi connectivity index (χ3n) is 4.74. The Morgan fingerprint density at radius 3 is 2.69 bits per heavy atom. The van der Waals surface area contributed by atoms with E-state index in [4.69, 9.17) is 0 Å². The maximum Gasteiger partial charge on any atom is 0.285 e. The van der Waals surface area contributed by atoms with Crippen LogP contribution in [0.5, 0.6) is 0 Å². The van der Waals surface area contributed by atoms with Gasteiger partial charge in [0, 0.05) is 12.1 Å². The van der Waals surface area contributed by atoms with Gasteiger partial charge >= 0.3 is 0 Å². The first-order valence-electron chi connectivity index (χ1n) is 8.70. The molecule has 0 unspecified atom stereocenters. The van der Waals surface area contributed by atoms with Gasteiger partial charge in [-0.05, 0) is 49.3 Å². The van der Waals surface area contributed by atoms with Crippen molar-refractivity contribution in [2.45, 2.75) is 45.2 Å². The zero-order valence-electron chi connectivity index (χ0n) is 14.6. The molecule has 7 nitrogen and oxygen atoms in total. The minimum absolute atomic E-state index is 0.205. The lowest BCUT2D eigenvalue weighted by Crippen LogP contribution is -2.33. The standard InChI is InChI=1S/C19H21N3O4/c1-13(15-7-6-14-4-2-3-5-16(14)10-15)20-18(23)12-21-11-17(22(25)26)8-9-19(21)24/h6-11,13H,2-5,12H2,1H3,(H,20,23)/t13-/m1/s1. The number of nitrogens with one attached hydrogen (secondary N) is 1. The van der Waals surface area contributed by atoms with Gasteiger partial charge in [0.05, 0.1) is 17.2 Å². The first-order valence-corrected chi connectivity index (χ1v) is 8.70. The SMILES string of the molecule is C[C@@H](NC(=O)Cn1cc([N+](=O)[O-])ccc1=O)c1ccc2c(c1)CCCC2. The Morgan fingerprint density at radius 1 is 1.23 bits per heavy atom. The number of hydrogen-bond acceptors (Lipinski definition) is 4. The largest absolute Gasteiger partial charge is 0.348 e. The van der Waals surface area contributed by atoms with E-state index in [0.29, 0.717) is 0 Å². The molecule has 7 heteroatoms. The van der Waals surface area contributed by atoms with Gasteiger partial charge in [0.25, 0.3) is 11.2 Å². The van der Waals surface area contributed by atoms with Crippen LogP contribution in [0.2, 0.25) is 0 Å². The molecule has 3 rings (SSSR count). The lowest BCUT2D eigenvalue weighted by molar-refractivity contribution is -0.385. The molecule has 26 heavy (non-hydrogen) atoms. The summed E-state index contributed by atoms with van der Waals surface area (Å²) in [6.45, 7) is 1.63. The number of aromatic nitrogens is 1. The highest BCUT2D eigenvalue weighted by Crippen LogP contribution is 2.24. The lowest BCUT2D eigenvalue weighted by Gasteiger charge is -2.20. The predicted molar refractivity (Wildman–Crippen MR) is 97.0 cm³/mol. The second-order valence-electron chi connectivity index (χ2n) is 6.64. The zero-order valence-corrected chi connectivity index (χ0v) is 14.6. The van der Waals surface area contributed by atoms with Crippen molar-refractivity contribution in [3.8, 4) is 0 Å². The van der Waals surface area contributed by atoms with Crippen molar-refractivity contribution in [2.75, 3.05) is 0 Å². The minimum Gasteiger partial charge on any atom is -0.348 e.